The number of unbranched alkanes of at least 4 members (excludes halogenated alkanes) is 1. The summed E-state index contributed by atoms with van der Waals surface area (Å²) in [4.78, 5) is 7.74. The first kappa shape index (κ1) is 17.1. The molecule has 0 radical (unpaired) electrons. The molecule has 0 spiro atoms. The van der Waals surface area contributed by atoms with Gasteiger partial charge in [0.1, 0.15) is 0 Å². The minimum absolute atomic E-state index is 0.584. The number of fused-ring (bicyclic) bond motifs is 1. The molecule has 0 saturated heterocycles. The third-order valence-electron chi connectivity index (χ3n) is 4.05. The highest BCUT2D eigenvalue weighted by molar-refractivity contribution is 6.38. The molecule has 3 rings (SSSR count). The van der Waals surface area contributed by atoms with Crippen molar-refractivity contribution in [1.82, 2.24) is 9.97 Å². The highest BCUT2D eigenvalue weighted by Crippen LogP contribution is 2.36. The Morgan fingerprint density at radius 3 is 2.71 bits per heavy atom. The van der Waals surface area contributed by atoms with Crippen molar-refractivity contribution in [3.05, 3.63) is 46.1 Å². The lowest BCUT2D eigenvalue weighted by molar-refractivity contribution is 0.398. The summed E-state index contributed by atoms with van der Waals surface area (Å²) >= 11 is 12.6. The predicted molar refractivity (Wildman–Crippen MR) is 100 cm³/mol. The predicted octanol–water partition coefficient (Wildman–Crippen LogP) is 4.83. The SMILES string of the molecule is COc1ccc(-c2[nH]c3c(Cl)cc(Cl)cc3c2CCCCN)cn1. The van der Waals surface area contributed by atoms with Crippen molar-refractivity contribution in [2.75, 3.05) is 13.7 Å². The summed E-state index contributed by atoms with van der Waals surface area (Å²) < 4.78 is 5.13. The number of hydrogen-bond donors (Lipinski definition) is 2. The van der Waals surface area contributed by atoms with E-state index in [-0.39, 0.29) is 0 Å². The molecule has 3 N–H and O–H groups in total. The monoisotopic (exact) mass is 363 g/mol. The molecule has 0 aliphatic heterocycles. The molecule has 0 atom stereocenters. The fourth-order valence-corrected chi connectivity index (χ4v) is 3.42. The molecule has 3 aromatic rings. The number of nitrogens with one attached hydrogen (secondary N) is 1. The van der Waals surface area contributed by atoms with Crippen LogP contribution in [0.5, 0.6) is 5.88 Å². The van der Waals surface area contributed by atoms with E-state index in [1.54, 1.807) is 19.4 Å². The van der Waals surface area contributed by atoms with E-state index < -0.39 is 0 Å². The molecular weight excluding hydrogens is 345 g/mol. The lowest BCUT2D eigenvalue weighted by Gasteiger charge is -2.06. The van der Waals surface area contributed by atoms with Crippen LogP contribution in [0.25, 0.3) is 22.2 Å². The number of nitrogens with two attached hydrogens (primary N) is 1. The second-order valence-corrected chi connectivity index (χ2v) is 6.47. The van der Waals surface area contributed by atoms with Crippen LogP contribution in [0.4, 0.5) is 0 Å². The molecule has 1 aromatic carbocycles. The molecule has 0 fully saturated rings. The van der Waals surface area contributed by atoms with Crippen molar-refractivity contribution >= 4 is 34.1 Å². The molecule has 2 aromatic heterocycles. The van der Waals surface area contributed by atoms with Gasteiger partial charge in [0.15, 0.2) is 0 Å². The Hall–Kier alpha value is -1.75. The van der Waals surface area contributed by atoms with Gasteiger partial charge in [0.25, 0.3) is 0 Å². The Bertz CT molecular complexity index is 844. The molecule has 24 heavy (non-hydrogen) atoms. The quantitative estimate of drug-likeness (QED) is 0.616. The van der Waals surface area contributed by atoms with E-state index in [1.807, 2.05) is 18.2 Å². The molecule has 4 nitrogen and oxygen atoms in total. The van der Waals surface area contributed by atoms with Gasteiger partial charge < -0.3 is 15.5 Å². The Balaban J connectivity index is 2.13. The van der Waals surface area contributed by atoms with Crippen molar-refractivity contribution in [2.24, 2.45) is 5.73 Å². The average molecular weight is 364 g/mol. The van der Waals surface area contributed by atoms with E-state index >= 15 is 0 Å². The molecule has 2 heterocycles. The molecule has 0 unspecified atom stereocenters. The van der Waals surface area contributed by atoms with Crippen LogP contribution >= 0.6 is 23.2 Å². The molecular formula is C18H19Cl2N3O. The molecule has 0 amide bonds. The Morgan fingerprint density at radius 2 is 2.04 bits per heavy atom. The Kier molecular flexibility index (Phi) is 5.29. The number of aromatic amines is 1. The van der Waals surface area contributed by atoms with E-state index in [9.17, 15) is 0 Å². The summed E-state index contributed by atoms with van der Waals surface area (Å²) in [6, 6.07) is 7.54. The number of ether oxygens (including phenoxy) is 1. The van der Waals surface area contributed by atoms with Gasteiger partial charge in [0.2, 0.25) is 5.88 Å². The molecule has 126 valence electrons. The van der Waals surface area contributed by atoms with E-state index in [4.69, 9.17) is 33.7 Å². The third kappa shape index (κ3) is 3.36. The van der Waals surface area contributed by atoms with Gasteiger partial charge in [-0.25, -0.2) is 4.98 Å². The van der Waals surface area contributed by atoms with Crippen molar-refractivity contribution < 1.29 is 4.74 Å². The highest BCUT2D eigenvalue weighted by atomic mass is 35.5. The first-order chi connectivity index (χ1) is 11.6. The van der Waals surface area contributed by atoms with Gasteiger partial charge in [-0.15, -0.1) is 0 Å². The molecule has 0 aliphatic carbocycles. The van der Waals surface area contributed by atoms with Crippen LogP contribution < -0.4 is 10.5 Å². The fourth-order valence-electron chi connectivity index (χ4n) is 2.87. The lowest BCUT2D eigenvalue weighted by Crippen LogP contribution is -1.99. The summed E-state index contributed by atoms with van der Waals surface area (Å²) in [5, 5.41) is 2.30. The smallest absolute Gasteiger partial charge is 0.212 e. The van der Waals surface area contributed by atoms with Crippen molar-refractivity contribution in [3.8, 4) is 17.1 Å². The first-order valence-electron chi connectivity index (χ1n) is 7.84. The summed E-state index contributed by atoms with van der Waals surface area (Å²) in [7, 11) is 1.60. The molecule has 0 aliphatic rings. The Morgan fingerprint density at radius 1 is 1.21 bits per heavy atom. The van der Waals surface area contributed by atoms with Crippen LogP contribution in [0.1, 0.15) is 18.4 Å². The summed E-state index contributed by atoms with van der Waals surface area (Å²) in [6.45, 7) is 0.684. The van der Waals surface area contributed by atoms with Gasteiger partial charge >= 0.3 is 0 Å². The fraction of sp³-hybridized carbons (Fsp3) is 0.278. The number of benzene rings is 1. The van der Waals surface area contributed by atoms with E-state index in [2.05, 4.69) is 9.97 Å². The van der Waals surface area contributed by atoms with E-state index in [1.165, 1.54) is 5.56 Å². The van der Waals surface area contributed by atoms with Gasteiger partial charge in [-0.2, -0.15) is 0 Å². The van der Waals surface area contributed by atoms with Crippen molar-refractivity contribution in [2.45, 2.75) is 19.3 Å². The number of hydrogen-bond acceptors (Lipinski definition) is 3. The number of halogens is 2. The van der Waals surface area contributed by atoms with Crippen LogP contribution in [-0.4, -0.2) is 23.6 Å². The van der Waals surface area contributed by atoms with E-state index in [0.717, 1.165) is 41.4 Å². The standard InChI is InChI=1S/C18H19Cl2N3O/c1-24-16-6-5-11(10-22-16)17-13(4-2-3-7-21)14-8-12(19)9-15(20)18(14)23-17/h5-6,8-10,23H,2-4,7,21H2,1H3. The second kappa shape index (κ2) is 7.43. The number of pyridine rings is 1. The number of methoxy groups -OCH3 is 1. The van der Waals surface area contributed by atoms with Crippen LogP contribution in [0.2, 0.25) is 10.0 Å². The third-order valence-corrected chi connectivity index (χ3v) is 4.56. The van der Waals surface area contributed by atoms with Crippen LogP contribution in [-0.2, 0) is 6.42 Å². The normalized spacial score (nSPS) is 11.2. The van der Waals surface area contributed by atoms with Crippen LogP contribution in [0.3, 0.4) is 0 Å². The Labute approximate surface area is 150 Å². The number of aryl methyl sites for hydroxylation is 1. The van der Waals surface area contributed by atoms with Gasteiger partial charge in [-0.1, -0.05) is 23.2 Å². The topological polar surface area (TPSA) is 63.9 Å². The maximum Gasteiger partial charge on any atom is 0.212 e. The largest absolute Gasteiger partial charge is 0.481 e. The van der Waals surface area contributed by atoms with Gasteiger partial charge in [-0.3, -0.25) is 0 Å². The zero-order valence-electron chi connectivity index (χ0n) is 13.4. The molecule has 0 bridgehead atoms. The number of H-pyrrole nitrogens is 1. The van der Waals surface area contributed by atoms with Crippen molar-refractivity contribution in [3.63, 3.8) is 0 Å². The lowest BCUT2D eigenvalue weighted by atomic mass is 10.0. The maximum atomic E-state index is 6.37. The average Bonchev–Trinajstić information content (AvgIpc) is 2.94. The summed E-state index contributed by atoms with van der Waals surface area (Å²) in [5.74, 6) is 0.584. The van der Waals surface area contributed by atoms with Crippen LogP contribution in [0.15, 0.2) is 30.5 Å². The van der Waals surface area contributed by atoms with Gasteiger partial charge in [-0.05, 0) is 49.6 Å². The summed E-state index contributed by atoms with van der Waals surface area (Å²) in [5.41, 5.74) is 9.73. The summed E-state index contributed by atoms with van der Waals surface area (Å²) in [6.07, 6.45) is 4.67. The number of nitrogens with zero attached hydrogens (tertiary/aromatic N) is 1. The first-order valence-corrected chi connectivity index (χ1v) is 8.59. The highest BCUT2D eigenvalue weighted by Gasteiger charge is 2.16. The second-order valence-electron chi connectivity index (χ2n) is 5.62. The number of rotatable bonds is 6. The van der Waals surface area contributed by atoms with Gasteiger partial charge in [0.05, 0.1) is 23.3 Å². The molecule has 6 heteroatoms. The zero-order chi connectivity index (χ0) is 17.1. The van der Waals surface area contributed by atoms with Crippen molar-refractivity contribution in [1.29, 1.82) is 0 Å². The van der Waals surface area contributed by atoms with E-state index in [0.29, 0.717) is 22.5 Å². The minimum Gasteiger partial charge on any atom is -0.481 e. The maximum absolute atomic E-state index is 6.37. The minimum atomic E-state index is 0.584. The zero-order valence-corrected chi connectivity index (χ0v) is 14.9. The van der Waals surface area contributed by atoms with Crippen LogP contribution in [0, 0.1) is 0 Å². The van der Waals surface area contributed by atoms with Gasteiger partial charge in [0, 0.05) is 28.2 Å². The number of aromatic nitrogens is 2. The molecule has 0 saturated carbocycles.